The highest BCUT2D eigenvalue weighted by Gasteiger charge is 2.09. The summed E-state index contributed by atoms with van der Waals surface area (Å²) in [6, 6.07) is 1.18. The number of rotatable bonds is 4. The van der Waals surface area contributed by atoms with Crippen molar-refractivity contribution in [2.24, 2.45) is 0 Å². The van der Waals surface area contributed by atoms with Gasteiger partial charge in [-0.2, -0.15) is 0 Å². The van der Waals surface area contributed by atoms with Crippen molar-refractivity contribution in [1.82, 2.24) is 9.55 Å². The van der Waals surface area contributed by atoms with E-state index in [-0.39, 0.29) is 23.0 Å². The molecule has 0 N–H and O–H groups in total. The van der Waals surface area contributed by atoms with Crippen LogP contribution in [-0.4, -0.2) is 30.0 Å². The van der Waals surface area contributed by atoms with Gasteiger partial charge in [0.15, 0.2) is 0 Å². The van der Waals surface area contributed by atoms with Crippen LogP contribution >= 0.6 is 11.6 Å². The molecule has 0 radical (unpaired) electrons. The van der Waals surface area contributed by atoms with Crippen LogP contribution in [-0.2, 0) is 22.8 Å². The lowest BCUT2D eigenvalue weighted by molar-refractivity contribution is 0.586. The van der Waals surface area contributed by atoms with Gasteiger partial charge >= 0.3 is 0 Å². The number of aryl methyl sites for hydroxylation is 1. The van der Waals surface area contributed by atoms with Crippen LogP contribution in [0.2, 0.25) is 5.15 Å². The molecule has 0 saturated carbocycles. The predicted molar refractivity (Wildman–Crippen MR) is 62.6 cm³/mol. The maximum absolute atomic E-state index is 11.6. The molecule has 0 atom stereocenters. The number of hydrogen-bond acceptors (Lipinski definition) is 4. The first-order valence-electron chi connectivity index (χ1n) is 4.77. The fourth-order valence-electron chi connectivity index (χ4n) is 1.29. The fourth-order valence-corrected chi connectivity index (χ4v) is 1.99. The summed E-state index contributed by atoms with van der Waals surface area (Å²) in [5.41, 5.74) is -0.319. The third kappa shape index (κ3) is 3.61. The summed E-state index contributed by atoms with van der Waals surface area (Å²) >= 11 is 5.65. The second-order valence-corrected chi connectivity index (χ2v) is 6.12. The quantitative estimate of drug-likeness (QED) is 0.743. The molecule has 1 heterocycles. The van der Waals surface area contributed by atoms with Gasteiger partial charge < -0.3 is 0 Å². The molecule has 0 spiro atoms. The van der Waals surface area contributed by atoms with Crippen molar-refractivity contribution in [3.8, 4) is 0 Å². The van der Waals surface area contributed by atoms with E-state index in [1.54, 1.807) is 0 Å². The minimum atomic E-state index is -3.09. The molecule has 7 heteroatoms. The molecule has 0 aliphatic rings. The van der Waals surface area contributed by atoms with Crippen molar-refractivity contribution in [1.29, 1.82) is 0 Å². The SMILES string of the molecule is CCc1nc(Cl)cc(=O)n1CCS(C)(=O)=O. The predicted octanol–water partition coefficient (Wildman–Crippen LogP) is 0.504. The first-order chi connectivity index (χ1) is 7.33. The summed E-state index contributed by atoms with van der Waals surface area (Å²) in [5, 5.41) is 0.137. The maximum Gasteiger partial charge on any atom is 0.255 e. The zero-order valence-corrected chi connectivity index (χ0v) is 10.7. The van der Waals surface area contributed by atoms with Crippen LogP contribution in [0, 0.1) is 0 Å². The standard InChI is InChI=1S/C9H13ClN2O3S/c1-3-8-11-7(10)6-9(13)12(8)4-5-16(2,14)15/h6H,3-5H2,1-2H3. The van der Waals surface area contributed by atoms with Gasteiger partial charge in [-0.05, 0) is 0 Å². The number of nitrogens with zero attached hydrogens (tertiary/aromatic N) is 2. The Kier molecular flexibility index (Phi) is 4.09. The number of halogens is 1. The Hall–Kier alpha value is -0.880. The van der Waals surface area contributed by atoms with Crippen LogP contribution in [0.3, 0.4) is 0 Å². The van der Waals surface area contributed by atoms with E-state index >= 15 is 0 Å². The van der Waals surface area contributed by atoms with E-state index in [4.69, 9.17) is 11.6 Å². The van der Waals surface area contributed by atoms with E-state index < -0.39 is 9.84 Å². The van der Waals surface area contributed by atoms with Crippen molar-refractivity contribution in [3.63, 3.8) is 0 Å². The van der Waals surface area contributed by atoms with E-state index in [0.29, 0.717) is 12.2 Å². The molecular weight excluding hydrogens is 252 g/mol. The molecule has 5 nitrogen and oxygen atoms in total. The molecule has 1 rings (SSSR count). The minimum absolute atomic E-state index is 0.0801. The van der Waals surface area contributed by atoms with Gasteiger partial charge in [-0.25, -0.2) is 13.4 Å². The molecule has 0 aliphatic carbocycles. The van der Waals surface area contributed by atoms with E-state index in [9.17, 15) is 13.2 Å². The molecule has 16 heavy (non-hydrogen) atoms. The zero-order chi connectivity index (χ0) is 12.3. The van der Waals surface area contributed by atoms with Gasteiger partial charge in [0.1, 0.15) is 20.8 Å². The van der Waals surface area contributed by atoms with Gasteiger partial charge in [0.2, 0.25) is 0 Å². The number of sulfone groups is 1. The lowest BCUT2D eigenvalue weighted by atomic mass is 10.4. The lowest BCUT2D eigenvalue weighted by Gasteiger charge is -2.09. The van der Waals surface area contributed by atoms with Crippen LogP contribution in [0.4, 0.5) is 0 Å². The van der Waals surface area contributed by atoms with Crippen LogP contribution in [0.5, 0.6) is 0 Å². The molecule has 0 amide bonds. The number of hydrogen-bond donors (Lipinski definition) is 0. The molecule has 0 bridgehead atoms. The Morgan fingerprint density at radius 2 is 2.12 bits per heavy atom. The fraction of sp³-hybridized carbons (Fsp3) is 0.556. The molecule has 1 aromatic heterocycles. The van der Waals surface area contributed by atoms with E-state index in [1.165, 1.54) is 10.6 Å². The summed E-state index contributed by atoms with van der Waals surface area (Å²) < 4.78 is 23.4. The zero-order valence-electron chi connectivity index (χ0n) is 9.10. The van der Waals surface area contributed by atoms with Gasteiger partial charge in [0, 0.05) is 25.3 Å². The van der Waals surface area contributed by atoms with Gasteiger partial charge in [0.25, 0.3) is 5.56 Å². The Balaban J connectivity index is 3.08. The van der Waals surface area contributed by atoms with Crippen molar-refractivity contribution < 1.29 is 8.42 Å². The smallest absolute Gasteiger partial charge is 0.255 e. The molecule has 0 fully saturated rings. The molecular formula is C9H13ClN2O3S. The largest absolute Gasteiger partial charge is 0.296 e. The van der Waals surface area contributed by atoms with Crippen molar-refractivity contribution in [2.75, 3.05) is 12.0 Å². The Morgan fingerprint density at radius 3 is 2.62 bits per heavy atom. The van der Waals surface area contributed by atoms with Crippen molar-refractivity contribution in [3.05, 3.63) is 27.4 Å². The molecule has 0 aliphatic heterocycles. The third-order valence-electron chi connectivity index (χ3n) is 2.06. The van der Waals surface area contributed by atoms with Gasteiger partial charge in [-0.1, -0.05) is 18.5 Å². The third-order valence-corrected chi connectivity index (χ3v) is 3.18. The summed E-state index contributed by atoms with van der Waals surface area (Å²) in [7, 11) is -3.09. The Bertz CT molecular complexity index is 536. The number of aromatic nitrogens is 2. The van der Waals surface area contributed by atoms with E-state index in [2.05, 4.69) is 4.98 Å². The highest BCUT2D eigenvalue weighted by molar-refractivity contribution is 7.90. The highest BCUT2D eigenvalue weighted by atomic mass is 35.5. The normalized spacial score (nSPS) is 11.7. The molecule has 0 saturated heterocycles. The summed E-state index contributed by atoms with van der Waals surface area (Å²) in [6.45, 7) is 1.94. The van der Waals surface area contributed by atoms with Gasteiger partial charge in [0.05, 0.1) is 5.75 Å². The van der Waals surface area contributed by atoms with E-state index in [1.807, 2.05) is 6.92 Å². The maximum atomic E-state index is 11.6. The Labute approximate surface area is 99.0 Å². The van der Waals surface area contributed by atoms with Gasteiger partial charge in [-0.15, -0.1) is 0 Å². The first-order valence-corrected chi connectivity index (χ1v) is 7.21. The van der Waals surface area contributed by atoms with Crippen LogP contribution < -0.4 is 5.56 Å². The minimum Gasteiger partial charge on any atom is -0.296 e. The molecule has 0 unspecified atom stereocenters. The topological polar surface area (TPSA) is 69.0 Å². The molecule has 0 aromatic carbocycles. The highest BCUT2D eigenvalue weighted by Crippen LogP contribution is 2.03. The first kappa shape index (κ1) is 13.2. The summed E-state index contributed by atoms with van der Waals surface area (Å²) in [6.07, 6.45) is 1.66. The Morgan fingerprint density at radius 1 is 1.50 bits per heavy atom. The van der Waals surface area contributed by atoms with Crippen molar-refractivity contribution >= 4 is 21.4 Å². The lowest BCUT2D eigenvalue weighted by Crippen LogP contribution is -2.27. The van der Waals surface area contributed by atoms with Gasteiger partial charge in [-0.3, -0.25) is 9.36 Å². The van der Waals surface area contributed by atoms with Crippen molar-refractivity contribution in [2.45, 2.75) is 19.9 Å². The average Bonchev–Trinajstić information content (AvgIpc) is 2.13. The summed E-state index contributed by atoms with van der Waals surface area (Å²) in [4.78, 5) is 15.6. The average molecular weight is 265 g/mol. The monoisotopic (exact) mass is 264 g/mol. The van der Waals surface area contributed by atoms with Crippen LogP contribution in [0.25, 0.3) is 0 Å². The van der Waals surface area contributed by atoms with Crippen LogP contribution in [0.1, 0.15) is 12.7 Å². The second-order valence-electron chi connectivity index (χ2n) is 3.47. The molecule has 1 aromatic rings. The second kappa shape index (κ2) is 4.97. The summed E-state index contributed by atoms with van der Waals surface area (Å²) in [5.74, 6) is 0.421. The van der Waals surface area contributed by atoms with Crippen LogP contribution in [0.15, 0.2) is 10.9 Å². The molecule has 90 valence electrons. The van der Waals surface area contributed by atoms with E-state index in [0.717, 1.165) is 6.26 Å².